The van der Waals surface area contributed by atoms with Gasteiger partial charge in [-0.3, -0.25) is 14.3 Å². The molecule has 3 rings (SSSR count). The van der Waals surface area contributed by atoms with E-state index in [4.69, 9.17) is 11.6 Å². The van der Waals surface area contributed by atoms with Crippen LogP contribution < -0.4 is 0 Å². The fourth-order valence-corrected chi connectivity index (χ4v) is 3.41. The molecule has 1 aliphatic rings. The van der Waals surface area contributed by atoms with Gasteiger partial charge in [-0.2, -0.15) is 0 Å². The van der Waals surface area contributed by atoms with Gasteiger partial charge in [-0.15, -0.1) is 11.6 Å². The quantitative estimate of drug-likeness (QED) is 0.780. The third-order valence-electron chi connectivity index (χ3n) is 4.51. The molecule has 0 atom stereocenters. The molecular formula is C17H22ClN5O. The molecule has 1 fully saturated rings. The predicted octanol–water partition coefficient (Wildman–Crippen LogP) is 2.56. The zero-order chi connectivity index (χ0) is 16.9. The van der Waals surface area contributed by atoms with Crippen LogP contribution in [0.5, 0.6) is 0 Å². The molecule has 2 aromatic rings. The molecule has 2 aromatic heterocycles. The van der Waals surface area contributed by atoms with Gasteiger partial charge in [-0.05, 0) is 12.8 Å². The molecule has 0 spiro atoms. The first-order valence-corrected chi connectivity index (χ1v) is 8.95. The molecule has 0 aromatic carbocycles. The molecular weight excluding hydrogens is 326 g/mol. The Bertz CT molecular complexity index is 694. The lowest BCUT2D eigenvalue weighted by molar-refractivity contribution is -0.131. The normalized spacial score (nSPS) is 15.7. The van der Waals surface area contributed by atoms with Crippen LogP contribution in [0.3, 0.4) is 0 Å². The van der Waals surface area contributed by atoms with Gasteiger partial charge in [0.2, 0.25) is 5.91 Å². The van der Waals surface area contributed by atoms with Crippen molar-refractivity contribution in [3.63, 3.8) is 0 Å². The van der Waals surface area contributed by atoms with E-state index in [1.807, 2.05) is 15.7 Å². The van der Waals surface area contributed by atoms with Crippen LogP contribution in [0.1, 0.15) is 43.6 Å². The van der Waals surface area contributed by atoms with E-state index < -0.39 is 0 Å². The van der Waals surface area contributed by atoms with Gasteiger partial charge < -0.3 is 4.90 Å². The molecule has 0 N–H and O–H groups in total. The average molecular weight is 348 g/mol. The lowest BCUT2D eigenvalue weighted by Crippen LogP contribution is -2.38. The maximum absolute atomic E-state index is 12.0. The minimum atomic E-state index is 0.144. The highest BCUT2D eigenvalue weighted by atomic mass is 35.5. The van der Waals surface area contributed by atoms with E-state index in [9.17, 15) is 4.79 Å². The summed E-state index contributed by atoms with van der Waals surface area (Å²) in [5.41, 5.74) is 0.995. The lowest BCUT2D eigenvalue weighted by atomic mass is 9.93. The number of alkyl halides is 1. The molecule has 0 aliphatic carbocycles. The number of carbonyl (C=O) groups excluding carboxylic acids is 1. The van der Waals surface area contributed by atoms with Crippen LogP contribution in [0, 0.1) is 0 Å². The summed E-state index contributed by atoms with van der Waals surface area (Å²) in [5, 5.41) is 0. The van der Waals surface area contributed by atoms with Crippen molar-refractivity contribution in [3.8, 4) is 5.82 Å². The Labute approximate surface area is 146 Å². The second-order valence-corrected chi connectivity index (χ2v) is 6.30. The topological polar surface area (TPSA) is 63.9 Å². The van der Waals surface area contributed by atoms with Gasteiger partial charge >= 0.3 is 0 Å². The van der Waals surface area contributed by atoms with E-state index in [0.29, 0.717) is 18.2 Å². The summed E-state index contributed by atoms with van der Waals surface area (Å²) < 4.78 is 2.02. The van der Waals surface area contributed by atoms with E-state index in [-0.39, 0.29) is 5.91 Å². The Hall–Kier alpha value is -1.95. The third-order valence-corrected chi connectivity index (χ3v) is 4.70. The Morgan fingerprint density at radius 1 is 1.21 bits per heavy atom. The van der Waals surface area contributed by atoms with E-state index in [1.54, 1.807) is 18.6 Å². The smallest absolute Gasteiger partial charge is 0.223 e. The van der Waals surface area contributed by atoms with Crippen LogP contribution in [0.2, 0.25) is 0 Å². The molecule has 0 radical (unpaired) electrons. The van der Waals surface area contributed by atoms with Crippen LogP contribution in [0.15, 0.2) is 24.8 Å². The predicted molar refractivity (Wildman–Crippen MR) is 92.4 cm³/mol. The number of piperidine rings is 1. The van der Waals surface area contributed by atoms with Gasteiger partial charge in [0.1, 0.15) is 5.82 Å². The van der Waals surface area contributed by atoms with Gasteiger partial charge in [0.05, 0.1) is 5.69 Å². The number of aryl methyl sites for hydroxylation is 1. The number of rotatable bonds is 5. The summed E-state index contributed by atoms with van der Waals surface area (Å²) in [6, 6.07) is 0. The number of hydrogen-bond donors (Lipinski definition) is 0. The van der Waals surface area contributed by atoms with Crippen LogP contribution in [-0.4, -0.2) is 49.3 Å². The number of halogens is 1. The number of likely N-dealkylation sites (tertiary alicyclic amines) is 1. The summed E-state index contributed by atoms with van der Waals surface area (Å²) in [4.78, 5) is 27.4. The average Bonchev–Trinajstić information content (AvgIpc) is 3.10. The Balaban J connectivity index is 1.78. The first kappa shape index (κ1) is 16.9. The molecule has 24 heavy (non-hydrogen) atoms. The van der Waals surface area contributed by atoms with Gasteiger partial charge in [0.15, 0.2) is 5.82 Å². The summed E-state index contributed by atoms with van der Waals surface area (Å²) in [7, 11) is 0. The summed E-state index contributed by atoms with van der Waals surface area (Å²) >= 11 is 5.67. The molecule has 0 unspecified atom stereocenters. The molecule has 0 saturated carbocycles. The fraction of sp³-hybridized carbons (Fsp3) is 0.529. The van der Waals surface area contributed by atoms with Crippen molar-refractivity contribution in [1.82, 2.24) is 24.4 Å². The molecule has 6 nitrogen and oxygen atoms in total. The highest BCUT2D eigenvalue weighted by Gasteiger charge is 2.27. The third kappa shape index (κ3) is 3.43. The lowest BCUT2D eigenvalue weighted by Gasteiger charge is -2.32. The zero-order valence-corrected chi connectivity index (χ0v) is 14.6. The van der Waals surface area contributed by atoms with Crippen molar-refractivity contribution < 1.29 is 4.79 Å². The van der Waals surface area contributed by atoms with Crippen molar-refractivity contribution in [1.29, 1.82) is 0 Å². The van der Waals surface area contributed by atoms with Gasteiger partial charge in [0.25, 0.3) is 0 Å². The Morgan fingerprint density at radius 2 is 1.96 bits per heavy atom. The molecule has 1 amide bonds. The van der Waals surface area contributed by atoms with Crippen molar-refractivity contribution >= 4 is 17.5 Å². The number of carbonyl (C=O) groups is 1. The fourth-order valence-electron chi connectivity index (χ4n) is 3.25. The molecule has 0 bridgehead atoms. The molecule has 128 valence electrons. The second-order valence-electron chi connectivity index (χ2n) is 5.93. The highest BCUT2D eigenvalue weighted by Crippen LogP contribution is 2.30. The number of nitrogens with zero attached hydrogens (tertiary/aromatic N) is 5. The SMILES string of the molecule is CCc1nccn1-c1nccnc1C1CCN(C(=O)CCCl)CC1. The standard InChI is InChI=1S/C17H22ClN5O/c1-2-14-19-9-12-23(14)17-16(20-7-8-21-17)13-4-10-22(11-5-13)15(24)3-6-18/h7-9,12-13H,2-6,10-11H2,1H3. The van der Waals surface area contributed by atoms with Crippen LogP contribution >= 0.6 is 11.6 Å². The molecule has 3 heterocycles. The van der Waals surface area contributed by atoms with Crippen molar-refractivity contribution in [2.75, 3.05) is 19.0 Å². The van der Waals surface area contributed by atoms with Crippen molar-refractivity contribution in [2.45, 2.75) is 38.5 Å². The number of hydrogen-bond acceptors (Lipinski definition) is 4. The van der Waals surface area contributed by atoms with Crippen LogP contribution in [-0.2, 0) is 11.2 Å². The number of imidazole rings is 1. The summed E-state index contributed by atoms with van der Waals surface area (Å²) in [6.07, 6.45) is 10.2. The highest BCUT2D eigenvalue weighted by molar-refractivity contribution is 6.18. The monoisotopic (exact) mass is 347 g/mol. The number of aromatic nitrogens is 4. The van der Waals surface area contributed by atoms with Gasteiger partial charge in [-0.1, -0.05) is 6.92 Å². The number of amides is 1. The Kier molecular flexibility index (Phi) is 5.45. The summed E-state index contributed by atoms with van der Waals surface area (Å²) in [6.45, 7) is 3.58. The maximum atomic E-state index is 12.0. The summed E-state index contributed by atoms with van der Waals surface area (Å²) in [5.74, 6) is 2.67. The van der Waals surface area contributed by atoms with Crippen LogP contribution in [0.25, 0.3) is 5.82 Å². The van der Waals surface area contributed by atoms with Crippen molar-refractivity contribution in [2.24, 2.45) is 0 Å². The van der Waals surface area contributed by atoms with E-state index in [1.165, 1.54) is 0 Å². The first-order chi connectivity index (χ1) is 11.7. The first-order valence-electron chi connectivity index (χ1n) is 8.41. The molecule has 1 aliphatic heterocycles. The molecule has 7 heteroatoms. The maximum Gasteiger partial charge on any atom is 0.223 e. The van der Waals surface area contributed by atoms with E-state index in [2.05, 4.69) is 21.9 Å². The van der Waals surface area contributed by atoms with E-state index in [0.717, 1.165) is 49.7 Å². The minimum absolute atomic E-state index is 0.144. The van der Waals surface area contributed by atoms with Gasteiger partial charge in [-0.25, -0.2) is 9.97 Å². The second kappa shape index (κ2) is 7.75. The minimum Gasteiger partial charge on any atom is -0.343 e. The van der Waals surface area contributed by atoms with Crippen molar-refractivity contribution in [3.05, 3.63) is 36.3 Å². The van der Waals surface area contributed by atoms with Crippen LogP contribution in [0.4, 0.5) is 0 Å². The molecule has 1 saturated heterocycles. The zero-order valence-electron chi connectivity index (χ0n) is 13.9. The Morgan fingerprint density at radius 3 is 2.67 bits per heavy atom. The van der Waals surface area contributed by atoms with E-state index >= 15 is 0 Å². The largest absolute Gasteiger partial charge is 0.343 e. The van der Waals surface area contributed by atoms with Gasteiger partial charge in [0, 0.05) is 62.5 Å².